The van der Waals surface area contributed by atoms with Gasteiger partial charge in [-0.1, -0.05) is 24.3 Å². The molecule has 0 atom stereocenters. The van der Waals surface area contributed by atoms with Gasteiger partial charge in [-0.3, -0.25) is 0 Å². The third kappa shape index (κ3) is 3.36. The van der Waals surface area contributed by atoms with Gasteiger partial charge in [-0.15, -0.1) is 11.3 Å². The minimum absolute atomic E-state index is 0.253. The van der Waals surface area contributed by atoms with Crippen molar-refractivity contribution in [1.82, 2.24) is 9.97 Å². The highest BCUT2D eigenvalue weighted by Gasteiger charge is 2.13. The summed E-state index contributed by atoms with van der Waals surface area (Å²) in [6.07, 6.45) is 2.36. The Morgan fingerprint density at radius 2 is 1.77 bits per heavy atom. The molecule has 0 bridgehead atoms. The lowest BCUT2D eigenvalue weighted by Crippen LogP contribution is -2.06. The summed E-state index contributed by atoms with van der Waals surface area (Å²) in [4.78, 5) is 9.64. The van der Waals surface area contributed by atoms with Crippen molar-refractivity contribution in [3.8, 4) is 16.9 Å². The van der Waals surface area contributed by atoms with Crippen molar-refractivity contribution in [2.24, 2.45) is 0 Å². The van der Waals surface area contributed by atoms with Crippen LogP contribution >= 0.6 is 11.3 Å². The molecule has 2 N–H and O–H groups in total. The van der Waals surface area contributed by atoms with Crippen molar-refractivity contribution >= 4 is 27.4 Å². The highest BCUT2D eigenvalue weighted by Crippen LogP contribution is 2.36. The van der Waals surface area contributed by atoms with E-state index in [1.165, 1.54) is 12.1 Å². The first-order chi connectivity index (χ1) is 12.7. The van der Waals surface area contributed by atoms with E-state index in [9.17, 15) is 9.50 Å². The van der Waals surface area contributed by atoms with Crippen LogP contribution in [0.15, 0.2) is 60.2 Å². The topological polar surface area (TPSA) is 58.0 Å². The normalized spacial score (nSPS) is 11.0. The first-order valence-electron chi connectivity index (χ1n) is 8.20. The lowest BCUT2D eigenvalue weighted by molar-refractivity contribution is 0.475. The van der Waals surface area contributed by atoms with Gasteiger partial charge < -0.3 is 10.4 Å². The lowest BCUT2D eigenvalue weighted by atomic mass is 10.1. The molecular formula is C20H16FN3OS. The van der Waals surface area contributed by atoms with Crippen molar-refractivity contribution in [1.29, 1.82) is 0 Å². The largest absolute Gasteiger partial charge is 0.508 e. The minimum atomic E-state index is -0.253. The first kappa shape index (κ1) is 16.5. The molecule has 2 aromatic carbocycles. The first-order valence-corrected chi connectivity index (χ1v) is 9.08. The molecule has 4 aromatic rings. The fraction of sp³-hybridized carbons (Fsp3) is 0.100. The van der Waals surface area contributed by atoms with Gasteiger partial charge in [-0.25, -0.2) is 14.4 Å². The van der Waals surface area contributed by atoms with E-state index < -0.39 is 0 Å². The van der Waals surface area contributed by atoms with Gasteiger partial charge in [0, 0.05) is 17.5 Å². The molecule has 130 valence electrons. The zero-order chi connectivity index (χ0) is 17.9. The second-order valence-electron chi connectivity index (χ2n) is 5.90. The summed E-state index contributed by atoms with van der Waals surface area (Å²) < 4.78 is 13.2. The number of nitrogens with zero attached hydrogens (tertiary/aromatic N) is 2. The minimum Gasteiger partial charge on any atom is -0.508 e. The smallest absolute Gasteiger partial charge is 0.138 e. The van der Waals surface area contributed by atoms with Crippen molar-refractivity contribution in [3.05, 3.63) is 71.6 Å². The van der Waals surface area contributed by atoms with E-state index >= 15 is 0 Å². The number of hydrogen-bond donors (Lipinski definition) is 2. The molecule has 0 aliphatic heterocycles. The van der Waals surface area contributed by atoms with Crippen molar-refractivity contribution in [3.63, 3.8) is 0 Å². The van der Waals surface area contributed by atoms with E-state index in [1.807, 2.05) is 17.5 Å². The average Bonchev–Trinajstić information content (AvgIpc) is 3.09. The Morgan fingerprint density at radius 3 is 2.54 bits per heavy atom. The molecule has 4 rings (SSSR count). The number of anilines is 1. The van der Waals surface area contributed by atoms with Gasteiger partial charge in [-0.05, 0) is 41.8 Å². The number of hydrogen-bond acceptors (Lipinski definition) is 5. The van der Waals surface area contributed by atoms with Crippen LogP contribution in [0.3, 0.4) is 0 Å². The Hall–Kier alpha value is -2.99. The number of phenols is 1. The maximum Gasteiger partial charge on any atom is 0.138 e. The highest BCUT2D eigenvalue weighted by molar-refractivity contribution is 7.17. The number of aromatic hydroxyl groups is 1. The number of thiophene rings is 1. The number of aromatic nitrogens is 2. The van der Waals surface area contributed by atoms with Crippen LogP contribution in [0, 0.1) is 5.82 Å². The average molecular weight is 365 g/mol. The molecule has 2 aromatic heterocycles. The molecule has 0 spiro atoms. The summed E-state index contributed by atoms with van der Waals surface area (Å²) in [5.41, 5.74) is 3.07. The van der Waals surface area contributed by atoms with Crippen LogP contribution in [0.4, 0.5) is 10.2 Å². The zero-order valence-corrected chi connectivity index (χ0v) is 14.6. The second kappa shape index (κ2) is 7.09. The van der Waals surface area contributed by atoms with E-state index in [0.29, 0.717) is 6.54 Å². The van der Waals surface area contributed by atoms with Crippen LogP contribution in [0.2, 0.25) is 0 Å². The SMILES string of the molecule is Oc1ccc(CCNc2ncnc3scc(-c4ccc(F)cc4)c23)cc1. The molecular weight excluding hydrogens is 349 g/mol. The predicted molar refractivity (Wildman–Crippen MR) is 103 cm³/mol. The van der Waals surface area contributed by atoms with Gasteiger partial charge in [0.25, 0.3) is 0 Å². The Kier molecular flexibility index (Phi) is 4.50. The van der Waals surface area contributed by atoms with Crippen LogP contribution in [-0.2, 0) is 6.42 Å². The van der Waals surface area contributed by atoms with Crippen molar-refractivity contribution in [2.75, 3.05) is 11.9 Å². The van der Waals surface area contributed by atoms with Crippen molar-refractivity contribution in [2.45, 2.75) is 6.42 Å². The summed E-state index contributed by atoms with van der Waals surface area (Å²) in [7, 11) is 0. The quantitative estimate of drug-likeness (QED) is 0.530. The highest BCUT2D eigenvalue weighted by atomic mass is 32.1. The number of rotatable bonds is 5. The maximum atomic E-state index is 13.2. The van der Waals surface area contributed by atoms with Gasteiger partial charge >= 0.3 is 0 Å². The summed E-state index contributed by atoms with van der Waals surface area (Å²) in [6.45, 7) is 0.704. The van der Waals surface area contributed by atoms with Crippen LogP contribution in [0.25, 0.3) is 21.3 Å². The van der Waals surface area contributed by atoms with Gasteiger partial charge in [-0.2, -0.15) is 0 Å². The van der Waals surface area contributed by atoms with Gasteiger partial charge in [0.1, 0.15) is 28.5 Å². The third-order valence-corrected chi connectivity index (χ3v) is 5.05. The maximum absolute atomic E-state index is 13.2. The molecule has 0 fully saturated rings. The number of benzene rings is 2. The number of fused-ring (bicyclic) bond motifs is 1. The Bertz CT molecular complexity index is 1030. The van der Waals surface area contributed by atoms with E-state index in [1.54, 1.807) is 41.9 Å². The van der Waals surface area contributed by atoms with E-state index in [0.717, 1.165) is 39.1 Å². The van der Waals surface area contributed by atoms with E-state index in [-0.39, 0.29) is 11.6 Å². The van der Waals surface area contributed by atoms with Crippen molar-refractivity contribution < 1.29 is 9.50 Å². The summed E-state index contributed by atoms with van der Waals surface area (Å²) in [5.74, 6) is 0.785. The monoisotopic (exact) mass is 365 g/mol. The fourth-order valence-electron chi connectivity index (χ4n) is 2.84. The third-order valence-electron chi connectivity index (χ3n) is 4.17. The standard InChI is InChI=1S/C20H16FN3OS/c21-15-5-3-14(4-6-15)17-11-26-20-18(17)19(23-12-24-20)22-10-9-13-1-7-16(25)8-2-13/h1-8,11-12,25H,9-10H2,(H,22,23,24). The summed E-state index contributed by atoms with van der Waals surface area (Å²) >= 11 is 1.55. The molecule has 0 saturated heterocycles. The summed E-state index contributed by atoms with van der Waals surface area (Å²) in [6, 6.07) is 13.6. The second-order valence-corrected chi connectivity index (χ2v) is 6.76. The van der Waals surface area contributed by atoms with E-state index in [4.69, 9.17) is 0 Å². The Balaban J connectivity index is 1.59. The molecule has 2 heterocycles. The number of nitrogens with one attached hydrogen (secondary N) is 1. The molecule has 0 aliphatic carbocycles. The van der Waals surface area contributed by atoms with Gasteiger partial charge in [0.2, 0.25) is 0 Å². The molecule has 6 heteroatoms. The van der Waals surface area contributed by atoms with Crippen LogP contribution in [-0.4, -0.2) is 21.6 Å². The molecule has 0 amide bonds. The summed E-state index contributed by atoms with van der Waals surface area (Å²) in [5, 5.41) is 15.7. The van der Waals surface area contributed by atoms with Crippen LogP contribution in [0.5, 0.6) is 5.75 Å². The fourth-order valence-corrected chi connectivity index (χ4v) is 3.75. The molecule has 26 heavy (non-hydrogen) atoms. The predicted octanol–water partition coefficient (Wildman–Crippen LogP) is 4.86. The molecule has 4 nitrogen and oxygen atoms in total. The molecule has 0 unspecified atom stereocenters. The molecule has 0 aliphatic rings. The molecule has 0 saturated carbocycles. The lowest BCUT2D eigenvalue weighted by Gasteiger charge is -2.09. The number of halogens is 1. The Morgan fingerprint density at radius 1 is 1.00 bits per heavy atom. The molecule has 0 radical (unpaired) electrons. The number of phenolic OH excluding ortho intramolecular Hbond substituents is 1. The van der Waals surface area contributed by atoms with Crippen LogP contribution in [0.1, 0.15) is 5.56 Å². The van der Waals surface area contributed by atoms with Gasteiger partial charge in [0.15, 0.2) is 0 Å². The van der Waals surface area contributed by atoms with Crippen LogP contribution < -0.4 is 5.32 Å². The zero-order valence-electron chi connectivity index (χ0n) is 13.8. The van der Waals surface area contributed by atoms with Gasteiger partial charge in [0.05, 0.1) is 5.39 Å². The van der Waals surface area contributed by atoms with E-state index in [2.05, 4.69) is 15.3 Å². The Labute approximate surface area is 154 Å².